The maximum absolute atomic E-state index is 11.8. The van der Waals surface area contributed by atoms with E-state index in [-0.39, 0.29) is 12.0 Å². The van der Waals surface area contributed by atoms with Gasteiger partial charge in [-0.2, -0.15) is 0 Å². The quantitative estimate of drug-likeness (QED) is 0.698. The summed E-state index contributed by atoms with van der Waals surface area (Å²) in [4.78, 5) is 14.0. The zero-order valence-electron chi connectivity index (χ0n) is 9.32. The average molecular weight is 211 g/mol. The molecule has 0 aromatic heterocycles. The number of ketones is 1. The minimum Gasteiger partial charge on any atom is -0.392 e. The smallest absolute Gasteiger partial charge is 0.137 e. The Hall–Kier alpha value is -0.410. The molecule has 3 nitrogen and oxygen atoms in total. The van der Waals surface area contributed by atoms with Crippen LogP contribution in [-0.4, -0.2) is 41.5 Å². The molecule has 0 amide bonds. The fourth-order valence-electron chi connectivity index (χ4n) is 2.71. The van der Waals surface area contributed by atoms with Gasteiger partial charge < -0.3 is 5.11 Å². The molecular weight excluding hydrogens is 190 g/mol. The number of aliphatic hydroxyl groups is 1. The van der Waals surface area contributed by atoms with Gasteiger partial charge in [0.25, 0.3) is 0 Å². The van der Waals surface area contributed by atoms with Crippen molar-refractivity contribution in [1.29, 1.82) is 0 Å². The molecule has 2 unspecified atom stereocenters. The molecule has 3 heteroatoms. The van der Waals surface area contributed by atoms with Gasteiger partial charge in [0.15, 0.2) is 0 Å². The molecule has 2 fully saturated rings. The number of hydrogen-bond donors (Lipinski definition) is 1. The Labute approximate surface area is 91.5 Å². The SMILES string of the molecule is O=C1CCCCCC1CN1CCC(O)C1. The fraction of sp³-hybridized carbons (Fsp3) is 0.917. The van der Waals surface area contributed by atoms with Crippen molar-refractivity contribution < 1.29 is 9.90 Å². The van der Waals surface area contributed by atoms with E-state index in [2.05, 4.69) is 4.90 Å². The molecule has 0 bridgehead atoms. The lowest BCUT2D eigenvalue weighted by atomic mass is 9.98. The first-order valence-electron chi connectivity index (χ1n) is 6.19. The van der Waals surface area contributed by atoms with Crippen LogP contribution in [0.3, 0.4) is 0 Å². The topological polar surface area (TPSA) is 40.5 Å². The van der Waals surface area contributed by atoms with Crippen LogP contribution in [0.2, 0.25) is 0 Å². The minimum atomic E-state index is -0.161. The van der Waals surface area contributed by atoms with E-state index in [0.717, 1.165) is 45.3 Å². The lowest BCUT2D eigenvalue weighted by Gasteiger charge is -2.21. The van der Waals surface area contributed by atoms with Crippen molar-refractivity contribution in [3.63, 3.8) is 0 Å². The maximum atomic E-state index is 11.8. The summed E-state index contributed by atoms with van der Waals surface area (Å²) in [6.45, 7) is 2.62. The highest BCUT2D eigenvalue weighted by Crippen LogP contribution is 2.22. The zero-order valence-corrected chi connectivity index (χ0v) is 9.32. The van der Waals surface area contributed by atoms with Crippen LogP contribution in [0.5, 0.6) is 0 Å². The van der Waals surface area contributed by atoms with Crippen molar-refractivity contribution >= 4 is 5.78 Å². The highest BCUT2D eigenvalue weighted by molar-refractivity contribution is 5.81. The second-order valence-electron chi connectivity index (χ2n) is 4.96. The Bertz CT molecular complexity index is 230. The van der Waals surface area contributed by atoms with E-state index in [1.807, 2.05) is 0 Å². The van der Waals surface area contributed by atoms with Crippen LogP contribution >= 0.6 is 0 Å². The second kappa shape index (κ2) is 5.08. The molecule has 15 heavy (non-hydrogen) atoms. The van der Waals surface area contributed by atoms with E-state index in [4.69, 9.17) is 0 Å². The standard InChI is InChI=1S/C12H21NO2/c14-11-6-7-13(9-11)8-10-4-2-1-3-5-12(10)15/h10-11,14H,1-9H2. The van der Waals surface area contributed by atoms with E-state index in [0.29, 0.717) is 5.78 Å². The number of nitrogens with zero attached hydrogens (tertiary/aromatic N) is 1. The van der Waals surface area contributed by atoms with Crippen LogP contribution in [-0.2, 0) is 4.79 Å². The predicted octanol–water partition coefficient (Wildman–Crippen LogP) is 1.20. The van der Waals surface area contributed by atoms with Gasteiger partial charge in [-0.1, -0.05) is 12.8 Å². The summed E-state index contributed by atoms with van der Waals surface area (Å²) >= 11 is 0. The second-order valence-corrected chi connectivity index (χ2v) is 4.96. The third kappa shape index (κ3) is 3.02. The Balaban J connectivity index is 1.83. The average Bonchev–Trinajstić information content (AvgIpc) is 2.50. The summed E-state index contributed by atoms with van der Waals surface area (Å²) in [5.74, 6) is 0.701. The van der Waals surface area contributed by atoms with Gasteiger partial charge in [0.05, 0.1) is 6.10 Å². The molecule has 0 radical (unpaired) electrons. The van der Waals surface area contributed by atoms with Crippen molar-refractivity contribution in [3.8, 4) is 0 Å². The van der Waals surface area contributed by atoms with Gasteiger partial charge in [-0.15, -0.1) is 0 Å². The summed E-state index contributed by atoms with van der Waals surface area (Å²) in [6.07, 6.45) is 6.05. The number of likely N-dealkylation sites (tertiary alicyclic amines) is 1. The molecule has 86 valence electrons. The number of aliphatic hydroxyl groups excluding tert-OH is 1. The highest BCUT2D eigenvalue weighted by Gasteiger charge is 2.27. The molecule has 2 aliphatic rings. The van der Waals surface area contributed by atoms with Crippen molar-refractivity contribution in [3.05, 3.63) is 0 Å². The first-order chi connectivity index (χ1) is 7.25. The van der Waals surface area contributed by atoms with E-state index in [1.54, 1.807) is 0 Å². The van der Waals surface area contributed by atoms with Gasteiger partial charge >= 0.3 is 0 Å². The molecule has 0 aromatic rings. The fourth-order valence-corrected chi connectivity index (χ4v) is 2.71. The third-order valence-electron chi connectivity index (χ3n) is 3.66. The Morgan fingerprint density at radius 2 is 2.13 bits per heavy atom. The van der Waals surface area contributed by atoms with Crippen molar-refractivity contribution in [2.24, 2.45) is 5.92 Å². The lowest BCUT2D eigenvalue weighted by molar-refractivity contribution is -0.123. The molecule has 1 saturated heterocycles. The molecule has 0 spiro atoms. The molecule has 1 heterocycles. The summed E-state index contributed by atoms with van der Waals surface area (Å²) in [6, 6.07) is 0. The molecule has 1 aliphatic heterocycles. The number of β-amino-alcohol motifs (C(OH)–C–C–N with tert-alkyl or cyclic N) is 1. The van der Waals surface area contributed by atoms with Gasteiger partial charge in [-0.25, -0.2) is 0 Å². The van der Waals surface area contributed by atoms with Crippen LogP contribution in [0.25, 0.3) is 0 Å². The van der Waals surface area contributed by atoms with Crippen LogP contribution in [0.4, 0.5) is 0 Å². The van der Waals surface area contributed by atoms with E-state index < -0.39 is 0 Å². The predicted molar refractivity (Wildman–Crippen MR) is 58.6 cm³/mol. The van der Waals surface area contributed by atoms with Crippen molar-refractivity contribution in [1.82, 2.24) is 4.90 Å². The normalized spacial score (nSPS) is 34.3. The molecule has 0 aromatic carbocycles. The Morgan fingerprint density at radius 3 is 2.87 bits per heavy atom. The number of carbonyl (C=O) groups excluding carboxylic acids is 1. The molecule has 1 saturated carbocycles. The van der Waals surface area contributed by atoms with Gasteiger partial charge in [-0.05, 0) is 19.3 Å². The number of rotatable bonds is 2. The zero-order chi connectivity index (χ0) is 10.7. The molecule has 2 atom stereocenters. The number of hydrogen-bond acceptors (Lipinski definition) is 3. The van der Waals surface area contributed by atoms with E-state index in [9.17, 15) is 9.90 Å². The van der Waals surface area contributed by atoms with Gasteiger partial charge in [0, 0.05) is 32.0 Å². The Kier molecular flexibility index (Phi) is 3.76. The highest BCUT2D eigenvalue weighted by atomic mass is 16.3. The Morgan fingerprint density at radius 1 is 1.27 bits per heavy atom. The number of carbonyl (C=O) groups is 1. The maximum Gasteiger partial charge on any atom is 0.137 e. The first-order valence-corrected chi connectivity index (χ1v) is 6.19. The van der Waals surface area contributed by atoms with Gasteiger partial charge in [-0.3, -0.25) is 9.69 Å². The lowest BCUT2D eigenvalue weighted by Crippen LogP contribution is -2.31. The first kappa shape index (κ1) is 11.1. The largest absolute Gasteiger partial charge is 0.392 e. The van der Waals surface area contributed by atoms with E-state index in [1.165, 1.54) is 12.8 Å². The van der Waals surface area contributed by atoms with Crippen molar-refractivity contribution in [2.75, 3.05) is 19.6 Å². The van der Waals surface area contributed by atoms with Gasteiger partial charge in [0.2, 0.25) is 0 Å². The molecule has 2 rings (SSSR count). The minimum absolute atomic E-state index is 0.161. The van der Waals surface area contributed by atoms with Gasteiger partial charge in [0.1, 0.15) is 5.78 Å². The number of Topliss-reactive ketones (excluding diaryl/α,β-unsaturated/α-hetero) is 1. The van der Waals surface area contributed by atoms with Crippen LogP contribution in [0.15, 0.2) is 0 Å². The molecular formula is C12H21NO2. The van der Waals surface area contributed by atoms with Crippen molar-refractivity contribution in [2.45, 2.75) is 44.6 Å². The molecule has 1 N–H and O–H groups in total. The molecule has 1 aliphatic carbocycles. The summed E-state index contributed by atoms with van der Waals surface area (Å²) in [5.41, 5.74) is 0. The van der Waals surface area contributed by atoms with E-state index >= 15 is 0 Å². The van der Waals surface area contributed by atoms with Crippen LogP contribution in [0, 0.1) is 5.92 Å². The summed E-state index contributed by atoms with van der Waals surface area (Å²) in [7, 11) is 0. The summed E-state index contributed by atoms with van der Waals surface area (Å²) < 4.78 is 0. The summed E-state index contributed by atoms with van der Waals surface area (Å²) in [5, 5.41) is 9.42. The van der Waals surface area contributed by atoms with Crippen LogP contribution < -0.4 is 0 Å². The monoisotopic (exact) mass is 211 g/mol. The van der Waals surface area contributed by atoms with Crippen LogP contribution in [0.1, 0.15) is 38.5 Å². The third-order valence-corrected chi connectivity index (χ3v) is 3.66.